The van der Waals surface area contributed by atoms with E-state index in [-0.39, 0.29) is 11.7 Å². The van der Waals surface area contributed by atoms with E-state index < -0.39 is 0 Å². The minimum Gasteiger partial charge on any atom is -0.397 e. The average Bonchev–Trinajstić information content (AvgIpc) is 3.18. The third kappa shape index (κ3) is 4.84. The van der Waals surface area contributed by atoms with Crippen LogP contribution >= 0.6 is 11.3 Å². The van der Waals surface area contributed by atoms with Crippen molar-refractivity contribution in [1.29, 1.82) is 0 Å². The maximum absolute atomic E-state index is 13.0. The number of nitrogens with two attached hydrogens (primary N) is 1. The summed E-state index contributed by atoms with van der Waals surface area (Å²) >= 11 is 1.47. The van der Waals surface area contributed by atoms with E-state index in [0.717, 1.165) is 28.6 Å². The second-order valence-electron chi connectivity index (χ2n) is 7.08. The zero-order valence-electron chi connectivity index (χ0n) is 16.3. The molecule has 0 atom stereocenters. The summed E-state index contributed by atoms with van der Waals surface area (Å²) in [4.78, 5) is 13.3. The van der Waals surface area contributed by atoms with Crippen LogP contribution in [-0.2, 0) is 13.0 Å². The van der Waals surface area contributed by atoms with Crippen molar-refractivity contribution in [2.45, 2.75) is 13.0 Å². The topological polar surface area (TPSA) is 67.1 Å². The highest BCUT2D eigenvalue weighted by Crippen LogP contribution is 2.28. The molecule has 152 valence electrons. The second-order valence-corrected chi connectivity index (χ2v) is 8.16. The molecule has 0 saturated heterocycles. The number of para-hydroxylation sites is 2. The van der Waals surface area contributed by atoms with Gasteiger partial charge >= 0.3 is 0 Å². The van der Waals surface area contributed by atoms with Gasteiger partial charge in [0, 0.05) is 11.2 Å². The Balaban J connectivity index is 1.36. The Labute approximate surface area is 178 Å². The quantitative estimate of drug-likeness (QED) is 0.285. The van der Waals surface area contributed by atoms with Crippen molar-refractivity contribution in [3.8, 4) is 0 Å². The van der Waals surface area contributed by atoms with Crippen LogP contribution in [0.25, 0.3) is 10.1 Å². The first-order valence-electron chi connectivity index (χ1n) is 9.72. The first-order chi connectivity index (χ1) is 14.6. The smallest absolute Gasteiger partial charge is 0.265 e. The second kappa shape index (κ2) is 9.07. The van der Waals surface area contributed by atoms with Crippen LogP contribution in [0.4, 0.5) is 15.8 Å². The van der Waals surface area contributed by atoms with Crippen molar-refractivity contribution in [3.63, 3.8) is 0 Å². The number of fused-ring (bicyclic) bond motifs is 1. The van der Waals surface area contributed by atoms with E-state index >= 15 is 0 Å². The molecular weight excluding hydrogens is 397 g/mol. The zero-order chi connectivity index (χ0) is 20.9. The van der Waals surface area contributed by atoms with Gasteiger partial charge in [-0.25, -0.2) is 4.39 Å². The van der Waals surface area contributed by atoms with E-state index in [0.29, 0.717) is 22.8 Å². The normalized spacial score (nSPS) is 11.0. The van der Waals surface area contributed by atoms with Crippen LogP contribution in [-0.4, -0.2) is 12.5 Å². The van der Waals surface area contributed by atoms with E-state index in [1.54, 1.807) is 24.3 Å². The summed E-state index contributed by atoms with van der Waals surface area (Å²) in [7, 11) is 0. The highest BCUT2D eigenvalue weighted by molar-refractivity contribution is 7.20. The van der Waals surface area contributed by atoms with Crippen LogP contribution < -0.4 is 16.4 Å². The average molecular weight is 420 g/mol. The van der Waals surface area contributed by atoms with Crippen molar-refractivity contribution in [2.75, 3.05) is 17.6 Å². The molecule has 30 heavy (non-hydrogen) atoms. The lowest BCUT2D eigenvalue weighted by atomic mass is 10.1. The van der Waals surface area contributed by atoms with Crippen LogP contribution in [0.3, 0.4) is 0 Å². The third-order valence-corrected chi connectivity index (χ3v) is 5.95. The summed E-state index contributed by atoms with van der Waals surface area (Å²) < 4.78 is 14.0. The fraction of sp³-hybridized carbons (Fsp3) is 0.125. The summed E-state index contributed by atoms with van der Waals surface area (Å²) in [5.74, 6) is -0.375. The Hall–Kier alpha value is -3.22. The van der Waals surface area contributed by atoms with Gasteiger partial charge in [0.2, 0.25) is 0 Å². The molecular formula is C24H22FN3OS. The number of rotatable bonds is 7. The van der Waals surface area contributed by atoms with Gasteiger partial charge in [0.15, 0.2) is 0 Å². The Kier molecular flexibility index (Phi) is 6.07. The number of carbonyl (C=O) groups excluding carboxylic acids is 1. The van der Waals surface area contributed by atoms with E-state index in [2.05, 4.69) is 28.8 Å². The van der Waals surface area contributed by atoms with Gasteiger partial charge < -0.3 is 16.4 Å². The van der Waals surface area contributed by atoms with Gasteiger partial charge in [-0.05, 0) is 65.9 Å². The van der Waals surface area contributed by atoms with Gasteiger partial charge in [0.1, 0.15) is 5.82 Å². The number of nitrogens with one attached hydrogen (secondary N) is 2. The molecule has 1 amide bonds. The fourth-order valence-corrected chi connectivity index (χ4v) is 4.23. The number of carbonyl (C=O) groups is 1. The molecule has 0 spiro atoms. The van der Waals surface area contributed by atoms with Gasteiger partial charge in [-0.3, -0.25) is 4.79 Å². The molecule has 4 aromatic rings. The number of anilines is 2. The molecule has 0 radical (unpaired) electrons. The SMILES string of the molecule is Nc1ccccc1NC(=O)c1cc2ccc(CCNCc3ccc(F)cc3)cc2s1. The largest absolute Gasteiger partial charge is 0.397 e. The Morgan fingerprint density at radius 3 is 2.53 bits per heavy atom. The minimum absolute atomic E-state index is 0.156. The fourth-order valence-electron chi connectivity index (χ4n) is 3.21. The molecule has 0 aliphatic heterocycles. The Morgan fingerprint density at radius 1 is 0.967 bits per heavy atom. The van der Waals surface area contributed by atoms with Gasteiger partial charge in [0.05, 0.1) is 16.3 Å². The predicted molar refractivity (Wildman–Crippen MR) is 122 cm³/mol. The number of halogens is 1. The van der Waals surface area contributed by atoms with Gasteiger partial charge in [0.25, 0.3) is 5.91 Å². The summed E-state index contributed by atoms with van der Waals surface area (Å²) in [6.07, 6.45) is 0.872. The maximum atomic E-state index is 13.0. The molecule has 6 heteroatoms. The number of hydrogen-bond donors (Lipinski definition) is 3. The van der Waals surface area contributed by atoms with Gasteiger partial charge in [-0.2, -0.15) is 0 Å². The van der Waals surface area contributed by atoms with Crippen LogP contribution in [0, 0.1) is 5.82 Å². The van der Waals surface area contributed by atoms with E-state index in [1.807, 2.05) is 18.2 Å². The Morgan fingerprint density at radius 2 is 1.73 bits per heavy atom. The number of thiophene rings is 1. The van der Waals surface area contributed by atoms with Crippen LogP contribution in [0.2, 0.25) is 0 Å². The molecule has 0 saturated carbocycles. The molecule has 3 aromatic carbocycles. The number of hydrogen-bond acceptors (Lipinski definition) is 4. The lowest BCUT2D eigenvalue weighted by Gasteiger charge is -2.06. The number of amides is 1. The third-order valence-electron chi connectivity index (χ3n) is 4.85. The molecule has 4 nitrogen and oxygen atoms in total. The minimum atomic E-state index is -0.219. The summed E-state index contributed by atoms with van der Waals surface area (Å²) in [5, 5.41) is 7.30. The number of benzene rings is 3. The molecule has 0 bridgehead atoms. The molecule has 0 unspecified atom stereocenters. The van der Waals surface area contributed by atoms with Gasteiger partial charge in [-0.1, -0.05) is 36.4 Å². The summed E-state index contributed by atoms with van der Waals surface area (Å²) in [5.41, 5.74) is 9.33. The Bertz CT molecular complexity index is 1170. The van der Waals surface area contributed by atoms with Crippen molar-refractivity contribution in [3.05, 3.63) is 94.6 Å². The van der Waals surface area contributed by atoms with Crippen molar-refractivity contribution in [2.24, 2.45) is 0 Å². The molecule has 1 aromatic heterocycles. The van der Waals surface area contributed by atoms with Crippen LogP contribution in [0.15, 0.2) is 72.8 Å². The van der Waals surface area contributed by atoms with Crippen molar-refractivity contribution < 1.29 is 9.18 Å². The zero-order valence-corrected chi connectivity index (χ0v) is 17.1. The maximum Gasteiger partial charge on any atom is 0.265 e. The van der Waals surface area contributed by atoms with Crippen LogP contribution in [0.5, 0.6) is 0 Å². The number of nitrogen functional groups attached to an aromatic ring is 1. The highest BCUT2D eigenvalue weighted by Gasteiger charge is 2.12. The molecule has 0 aliphatic rings. The van der Waals surface area contributed by atoms with Crippen molar-refractivity contribution in [1.82, 2.24) is 5.32 Å². The molecule has 0 fully saturated rings. The first kappa shape index (κ1) is 20.1. The van der Waals surface area contributed by atoms with E-state index in [4.69, 9.17) is 5.73 Å². The monoisotopic (exact) mass is 419 g/mol. The first-order valence-corrected chi connectivity index (χ1v) is 10.5. The molecule has 0 aliphatic carbocycles. The highest BCUT2D eigenvalue weighted by atomic mass is 32.1. The lowest BCUT2D eigenvalue weighted by Crippen LogP contribution is -2.16. The predicted octanol–water partition coefficient (Wildman–Crippen LogP) is 5.21. The molecule has 4 rings (SSSR count). The lowest BCUT2D eigenvalue weighted by molar-refractivity contribution is 0.103. The van der Waals surface area contributed by atoms with Crippen LogP contribution in [0.1, 0.15) is 20.8 Å². The van der Waals surface area contributed by atoms with E-state index in [9.17, 15) is 9.18 Å². The standard InChI is InChI=1S/C24H22FN3OS/c25-19-9-6-17(7-10-19)15-27-12-11-16-5-8-18-14-23(30-22(18)13-16)24(29)28-21-4-2-1-3-20(21)26/h1-10,13-14,27H,11-12,15,26H2,(H,28,29). The van der Waals surface area contributed by atoms with Crippen molar-refractivity contribution >= 4 is 38.7 Å². The van der Waals surface area contributed by atoms with Gasteiger partial charge in [-0.15, -0.1) is 11.3 Å². The molecule has 4 N–H and O–H groups in total. The summed E-state index contributed by atoms with van der Waals surface area (Å²) in [6, 6.07) is 21.9. The molecule has 1 heterocycles. The van der Waals surface area contributed by atoms with E-state index in [1.165, 1.54) is 29.0 Å². The summed E-state index contributed by atoms with van der Waals surface area (Å²) in [6.45, 7) is 1.52.